The molecule has 0 radical (unpaired) electrons. The lowest BCUT2D eigenvalue weighted by Crippen LogP contribution is -2.34. The number of rotatable bonds is 5. The highest BCUT2D eigenvalue weighted by Crippen LogP contribution is 2.23. The number of aromatic nitrogens is 1. The van der Waals surface area contributed by atoms with E-state index in [-0.39, 0.29) is 13.0 Å². The second kappa shape index (κ2) is 7.02. The fraction of sp³-hybridized carbons (Fsp3) is 0.471. The fourth-order valence-corrected chi connectivity index (χ4v) is 2.27. The first-order valence-electron chi connectivity index (χ1n) is 7.66. The maximum absolute atomic E-state index is 11.5. The molecule has 2 rings (SSSR count). The lowest BCUT2D eigenvalue weighted by molar-refractivity contribution is 0.0124. The predicted octanol–water partition coefficient (Wildman–Crippen LogP) is 2.48. The van der Waals surface area contributed by atoms with E-state index in [2.05, 4.69) is 10.3 Å². The van der Waals surface area contributed by atoms with E-state index in [1.807, 2.05) is 24.4 Å². The Bertz CT molecular complexity index is 660. The topological polar surface area (TPSA) is 94.6 Å². The summed E-state index contributed by atoms with van der Waals surface area (Å²) in [5, 5.41) is 23.9. The molecule has 6 heteroatoms. The van der Waals surface area contributed by atoms with Gasteiger partial charge in [0, 0.05) is 18.3 Å². The molecule has 0 aliphatic rings. The van der Waals surface area contributed by atoms with Gasteiger partial charge in [-0.1, -0.05) is 12.1 Å². The third kappa shape index (κ3) is 4.97. The molecule has 0 saturated carbocycles. The van der Waals surface area contributed by atoms with Crippen molar-refractivity contribution < 1.29 is 19.7 Å². The summed E-state index contributed by atoms with van der Waals surface area (Å²) in [6.07, 6.45) is -0.474. The molecule has 0 spiro atoms. The number of aliphatic hydroxyl groups is 2. The predicted molar refractivity (Wildman–Crippen MR) is 88.1 cm³/mol. The highest BCUT2D eigenvalue weighted by Gasteiger charge is 2.20. The van der Waals surface area contributed by atoms with Crippen molar-refractivity contribution in [3.8, 4) is 0 Å². The van der Waals surface area contributed by atoms with E-state index in [1.165, 1.54) is 0 Å². The lowest BCUT2D eigenvalue weighted by Gasteiger charge is -2.21. The molecular formula is C17H24N2O4. The summed E-state index contributed by atoms with van der Waals surface area (Å²) >= 11 is 0. The molecule has 0 saturated heterocycles. The number of amides is 1. The number of hydrogen-bond acceptors (Lipinski definition) is 4. The van der Waals surface area contributed by atoms with Crippen LogP contribution in [0.15, 0.2) is 30.5 Å². The maximum Gasteiger partial charge on any atom is 0.407 e. The van der Waals surface area contributed by atoms with Crippen molar-refractivity contribution in [1.29, 1.82) is 0 Å². The first-order chi connectivity index (χ1) is 10.8. The Hall–Kier alpha value is -2.05. The fourth-order valence-electron chi connectivity index (χ4n) is 2.27. The number of carbonyl (C=O) groups is 1. The minimum Gasteiger partial charge on any atom is -0.444 e. The van der Waals surface area contributed by atoms with E-state index < -0.39 is 23.9 Å². The third-order valence-corrected chi connectivity index (χ3v) is 3.39. The number of ether oxygens (including phenoxy) is 1. The molecule has 2 atom stereocenters. The highest BCUT2D eigenvalue weighted by atomic mass is 16.6. The standard InChI is InChI=1S/C17H24N2O4/c1-17(2,3)23-16(22)19-9-7-14(20)15(21)12-5-4-11-6-8-18-13(11)10-12/h4-6,8,10,14-15,18,20-21H,7,9H2,1-3H3,(H,19,22). The number of H-pyrrole nitrogens is 1. The third-order valence-electron chi connectivity index (χ3n) is 3.39. The number of aromatic amines is 1. The van der Waals surface area contributed by atoms with Crippen LogP contribution in [-0.4, -0.2) is 39.5 Å². The number of benzene rings is 1. The van der Waals surface area contributed by atoms with Crippen LogP contribution in [-0.2, 0) is 4.74 Å². The zero-order chi connectivity index (χ0) is 17.0. The average Bonchev–Trinajstić information content (AvgIpc) is 2.91. The van der Waals surface area contributed by atoms with Crippen molar-refractivity contribution in [2.75, 3.05) is 6.54 Å². The van der Waals surface area contributed by atoms with E-state index in [0.29, 0.717) is 5.56 Å². The highest BCUT2D eigenvalue weighted by molar-refractivity contribution is 5.79. The van der Waals surface area contributed by atoms with E-state index >= 15 is 0 Å². The van der Waals surface area contributed by atoms with Crippen LogP contribution in [0.2, 0.25) is 0 Å². The van der Waals surface area contributed by atoms with Gasteiger partial charge in [0.1, 0.15) is 11.7 Å². The van der Waals surface area contributed by atoms with Crippen molar-refractivity contribution >= 4 is 17.0 Å². The van der Waals surface area contributed by atoms with Gasteiger partial charge in [-0.05, 0) is 50.3 Å². The monoisotopic (exact) mass is 320 g/mol. The van der Waals surface area contributed by atoms with E-state index in [9.17, 15) is 15.0 Å². The summed E-state index contributed by atoms with van der Waals surface area (Å²) in [7, 11) is 0. The Labute approximate surface area is 135 Å². The molecule has 0 aliphatic carbocycles. The molecule has 1 heterocycles. The van der Waals surface area contributed by atoms with Crippen molar-refractivity contribution in [3.63, 3.8) is 0 Å². The van der Waals surface area contributed by atoms with Crippen LogP contribution in [0.4, 0.5) is 4.79 Å². The van der Waals surface area contributed by atoms with E-state index in [0.717, 1.165) is 10.9 Å². The Kier molecular flexibility index (Phi) is 5.28. The molecule has 126 valence electrons. The second-order valence-corrected chi connectivity index (χ2v) is 6.55. The first-order valence-corrected chi connectivity index (χ1v) is 7.66. The molecule has 1 aromatic heterocycles. The van der Waals surface area contributed by atoms with E-state index in [1.54, 1.807) is 26.8 Å². The van der Waals surface area contributed by atoms with Crippen LogP contribution in [0.1, 0.15) is 38.9 Å². The van der Waals surface area contributed by atoms with Gasteiger partial charge in [-0.25, -0.2) is 4.79 Å². The van der Waals surface area contributed by atoms with Gasteiger partial charge in [-0.15, -0.1) is 0 Å². The quantitative estimate of drug-likeness (QED) is 0.681. The Balaban J connectivity index is 1.85. The van der Waals surface area contributed by atoms with Crippen LogP contribution >= 0.6 is 0 Å². The number of hydrogen-bond donors (Lipinski definition) is 4. The van der Waals surface area contributed by atoms with Crippen molar-refractivity contribution in [1.82, 2.24) is 10.3 Å². The Morgan fingerprint density at radius 2 is 2.04 bits per heavy atom. The summed E-state index contributed by atoms with van der Waals surface area (Å²) in [6, 6.07) is 7.42. The van der Waals surface area contributed by atoms with Gasteiger partial charge in [0.2, 0.25) is 0 Å². The van der Waals surface area contributed by atoms with Crippen LogP contribution in [0.3, 0.4) is 0 Å². The molecule has 0 bridgehead atoms. The smallest absolute Gasteiger partial charge is 0.407 e. The second-order valence-electron chi connectivity index (χ2n) is 6.55. The van der Waals surface area contributed by atoms with E-state index in [4.69, 9.17) is 4.74 Å². The van der Waals surface area contributed by atoms with Crippen molar-refractivity contribution in [2.24, 2.45) is 0 Å². The molecule has 23 heavy (non-hydrogen) atoms. The maximum atomic E-state index is 11.5. The number of carbonyl (C=O) groups excluding carboxylic acids is 1. The van der Waals surface area contributed by atoms with Crippen LogP contribution in [0.5, 0.6) is 0 Å². The van der Waals surface area contributed by atoms with Crippen LogP contribution in [0.25, 0.3) is 10.9 Å². The van der Waals surface area contributed by atoms with Gasteiger partial charge in [0.25, 0.3) is 0 Å². The van der Waals surface area contributed by atoms with Gasteiger partial charge in [-0.3, -0.25) is 0 Å². The summed E-state index contributed by atoms with van der Waals surface area (Å²) in [5.74, 6) is 0. The summed E-state index contributed by atoms with van der Waals surface area (Å²) in [6.45, 7) is 5.56. The number of alkyl carbamates (subject to hydrolysis) is 1. The number of nitrogens with one attached hydrogen (secondary N) is 2. The summed E-state index contributed by atoms with van der Waals surface area (Å²) < 4.78 is 5.11. The molecule has 4 N–H and O–H groups in total. The Morgan fingerprint density at radius 1 is 1.30 bits per heavy atom. The van der Waals surface area contributed by atoms with Gasteiger partial charge in [0.05, 0.1) is 6.10 Å². The number of aliphatic hydroxyl groups excluding tert-OH is 2. The summed E-state index contributed by atoms with van der Waals surface area (Å²) in [5.41, 5.74) is 0.971. The molecule has 0 fully saturated rings. The van der Waals surface area contributed by atoms with Gasteiger partial charge < -0.3 is 25.3 Å². The average molecular weight is 320 g/mol. The Morgan fingerprint density at radius 3 is 2.74 bits per heavy atom. The molecule has 1 aromatic carbocycles. The van der Waals surface area contributed by atoms with Gasteiger partial charge >= 0.3 is 6.09 Å². The van der Waals surface area contributed by atoms with Gasteiger partial charge in [0.15, 0.2) is 0 Å². The SMILES string of the molecule is CC(C)(C)OC(=O)NCCC(O)C(O)c1ccc2cc[nH]c2c1. The minimum atomic E-state index is -1.01. The zero-order valence-electron chi connectivity index (χ0n) is 13.7. The largest absolute Gasteiger partial charge is 0.444 e. The normalized spacial score (nSPS) is 14.5. The van der Waals surface area contributed by atoms with Crippen molar-refractivity contribution in [3.05, 3.63) is 36.0 Å². The molecule has 0 aliphatic heterocycles. The lowest BCUT2D eigenvalue weighted by atomic mass is 10.0. The number of fused-ring (bicyclic) bond motifs is 1. The van der Waals surface area contributed by atoms with Crippen molar-refractivity contribution in [2.45, 2.75) is 45.0 Å². The van der Waals surface area contributed by atoms with Gasteiger partial charge in [-0.2, -0.15) is 0 Å². The molecule has 1 amide bonds. The minimum absolute atomic E-state index is 0.220. The molecular weight excluding hydrogens is 296 g/mol. The molecule has 2 unspecified atom stereocenters. The van der Waals surface area contributed by atoms with Crippen LogP contribution < -0.4 is 5.32 Å². The molecule has 2 aromatic rings. The van der Waals surface area contributed by atoms with Crippen LogP contribution in [0, 0.1) is 0 Å². The summed E-state index contributed by atoms with van der Waals surface area (Å²) in [4.78, 5) is 14.6. The first kappa shape index (κ1) is 17.3. The zero-order valence-corrected chi connectivity index (χ0v) is 13.7. The molecule has 6 nitrogen and oxygen atoms in total.